The molecular weight excluding hydrogens is 258 g/mol. The monoisotopic (exact) mass is 281 g/mol. The molecule has 0 aromatic carbocycles. The van der Waals surface area contributed by atoms with E-state index < -0.39 is 0 Å². The van der Waals surface area contributed by atoms with Crippen LogP contribution in [0.2, 0.25) is 0 Å². The van der Waals surface area contributed by atoms with Crippen LogP contribution in [0.1, 0.15) is 32.1 Å². The Morgan fingerprint density at radius 2 is 2.50 bits per heavy atom. The maximum atomic E-state index is 12.3. The molecule has 2 rings (SSSR count). The number of hydrogen-bond acceptors (Lipinski definition) is 4. The first-order valence-electron chi connectivity index (χ1n) is 7.08. The highest BCUT2D eigenvalue weighted by Crippen LogP contribution is 2.15. The number of amides is 2. The van der Waals surface area contributed by atoms with E-state index in [0.29, 0.717) is 12.5 Å². The van der Waals surface area contributed by atoms with Gasteiger partial charge in [-0.2, -0.15) is 0 Å². The van der Waals surface area contributed by atoms with Gasteiger partial charge in [-0.05, 0) is 20.3 Å². The zero-order chi connectivity index (χ0) is 14.5. The van der Waals surface area contributed by atoms with E-state index in [1.807, 2.05) is 30.4 Å². The largest absolute Gasteiger partial charge is 0.381 e. The highest BCUT2D eigenvalue weighted by atomic mass is 16.5. The minimum absolute atomic E-state index is 0.0603. The molecule has 0 radical (unpaired) electrons. The highest BCUT2D eigenvalue weighted by molar-refractivity contribution is 5.74. The van der Waals surface area contributed by atoms with Gasteiger partial charge in [0, 0.05) is 32.7 Å². The molecule has 0 unspecified atom stereocenters. The molecular formula is C13H23N5O2. The van der Waals surface area contributed by atoms with Crippen LogP contribution in [0.4, 0.5) is 4.79 Å². The second kappa shape index (κ2) is 6.69. The third-order valence-electron chi connectivity index (χ3n) is 3.65. The summed E-state index contributed by atoms with van der Waals surface area (Å²) in [7, 11) is 1.87. The third kappa shape index (κ3) is 3.47. The van der Waals surface area contributed by atoms with Crippen LogP contribution in [0.5, 0.6) is 0 Å². The van der Waals surface area contributed by atoms with E-state index in [4.69, 9.17) is 4.74 Å². The first kappa shape index (κ1) is 14.8. The van der Waals surface area contributed by atoms with Crippen molar-refractivity contribution >= 4 is 6.03 Å². The summed E-state index contributed by atoms with van der Waals surface area (Å²) in [5.41, 5.74) is 0. The molecule has 1 aliphatic heterocycles. The Labute approximate surface area is 119 Å². The normalized spacial score (nSPS) is 19.9. The Kier molecular flexibility index (Phi) is 4.94. The van der Waals surface area contributed by atoms with E-state index in [-0.39, 0.29) is 12.1 Å². The number of nitrogens with zero attached hydrogens (tertiary/aromatic N) is 4. The van der Waals surface area contributed by atoms with Gasteiger partial charge in [0.15, 0.2) is 5.82 Å². The average Bonchev–Trinajstić information content (AvgIpc) is 3.06. The van der Waals surface area contributed by atoms with Crippen molar-refractivity contribution in [2.75, 3.05) is 26.3 Å². The Morgan fingerprint density at radius 1 is 1.70 bits per heavy atom. The topological polar surface area (TPSA) is 72.3 Å². The number of aryl methyl sites for hydroxylation is 1. The summed E-state index contributed by atoms with van der Waals surface area (Å²) >= 11 is 0. The zero-order valence-corrected chi connectivity index (χ0v) is 12.4. The summed E-state index contributed by atoms with van der Waals surface area (Å²) in [5.74, 6) is 1.20. The molecule has 20 heavy (non-hydrogen) atoms. The molecule has 0 bridgehead atoms. The third-order valence-corrected chi connectivity index (χ3v) is 3.65. The van der Waals surface area contributed by atoms with Gasteiger partial charge in [-0.15, -0.1) is 10.2 Å². The van der Waals surface area contributed by atoms with Crippen molar-refractivity contribution in [1.82, 2.24) is 25.0 Å². The van der Waals surface area contributed by atoms with Gasteiger partial charge in [-0.1, -0.05) is 0 Å². The Hall–Kier alpha value is -1.63. The summed E-state index contributed by atoms with van der Waals surface area (Å²) in [4.78, 5) is 14.1. The fraction of sp³-hybridized carbons (Fsp3) is 0.769. The van der Waals surface area contributed by atoms with Gasteiger partial charge in [0.25, 0.3) is 0 Å². The van der Waals surface area contributed by atoms with Crippen molar-refractivity contribution in [2.45, 2.75) is 26.3 Å². The summed E-state index contributed by atoms with van der Waals surface area (Å²) in [6.45, 7) is 6.89. The van der Waals surface area contributed by atoms with Crippen molar-refractivity contribution in [2.24, 2.45) is 13.0 Å². The zero-order valence-electron chi connectivity index (χ0n) is 12.4. The molecule has 1 fully saturated rings. The van der Waals surface area contributed by atoms with E-state index in [9.17, 15) is 4.79 Å². The molecule has 7 nitrogen and oxygen atoms in total. The van der Waals surface area contributed by atoms with Crippen LogP contribution in [-0.4, -0.2) is 52.0 Å². The average molecular weight is 281 g/mol. The van der Waals surface area contributed by atoms with E-state index in [2.05, 4.69) is 15.5 Å². The highest BCUT2D eigenvalue weighted by Gasteiger charge is 2.23. The lowest BCUT2D eigenvalue weighted by atomic mass is 10.1. The lowest BCUT2D eigenvalue weighted by molar-refractivity contribution is 0.165. The van der Waals surface area contributed by atoms with Gasteiger partial charge in [0.1, 0.15) is 6.33 Å². The lowest BCUT2D eigenvalue weighted by Gasteiger charge is -2.25. The van der Waals surface area contributed by atoms with Crippen LogP contribution >= 0.6 is 0 Å². The molecule has 2 heterocycles. The minimum Gasteiger partial charge on any atom is -0.381 e. The van der Waals surface area contributed by atoms with Gasteiger partial charge in [0.2, 0.25) is 0 Å². The fourth-order valence-electron chi connectivity index (χ4n) is 2.42. The maximum absolute atomic E-state index is 12.3. The SMILES string of the molecule is CCN(C[C@@H]1CCOC1)C(=O)N[C@H](C)c1nncn1C. The summed E-state index contributed by atoms with van der Waals surface area (Å²) in [6.07, 6.45) is 2.66. The van der Waals surface area contributed by atoms with Crippen LogP contribution in [0, 0.1) is 5.92 Å². The molecule has 1 aliphatic rings. The van der Waals surface area contributed by atoms with E-state index in [1.165, 1.54) is 0 Å². The van der Waals surface area contributed by atoms with E-state index >= 15 is 0 Å². The summed E-state index contributed by atoms with van der Waals surface area (Å²) in [6, 6.07) is -0.223. The number of hydrogen-bond donors (Lipinski definition) is 1. The van der Waals surface area contributed by atoms with Gasteiger partial charge in [-0.3, -0.25) is 0 Å². The molecule has 0 aliphatic carbocycles. The molecule has 2 atom stereocenters. The predicted molar refractivity (Wildman–Crippen MR) is 74.1 cm³/mol. The van der Waals surface area contributed by atoms with Crippen LogP contribution in [0.15, 0.2) is 6.33 Å². The second-order valence-corrected chi connectivity index (χ2v) is 5.24. The number of carbonyl (C=O) groups excluding carboxylic acids is 1. The van der Waals surface area contributed by atoms with Crippen molar-refractivity contribution < 1.29 is 9.53 Å². The fourth-order valence-corrected chi connectivity index (χ4v) is 2.42. The molecule has 7 heteroatoms. The first-order chi connectivity index (χ1) is 9.61. The van der Waals surface area contributed by atoms with Gasteiger partial charge in [0.05, 0.1) is 12.6 Å². The molecule has 112 valence electrons. The standard InChI is InChI=1S/C13H23N5O2/c1-4-18(7-11-5-6-20-8-11)13(19)15-10(2)12-16-14-9-17(12)3/h9-11H,4-8H2,1-3H3,(H,15,19)/t10-,11+/m1/s1. The van der Waals surface area contributed by atoms with Crippen LogP contribution in [0.3, 0.4) is 0 Å². The number of ether oxygens (including phenoxy) is 1. The van der Waals surface area contributed by atoms with Crippen molar-refractivity contribution in [3.63, 3.8) is 0 Å². The Balaban J connectivity index is 1.89. The Morgan fingerprint density at radius 3 is 3.05 bits per heavy atom. The van der Waals surface area contributed by atoms with Crippen molar-refractivity contribution in [1.29, 1.82) is 0 Å². The van der Waals surface area contributed by atoms with Crippen LogP contribution in [-0.2, 0) is 11.8 Å². The second-order valence-electron chi connectivity index (χ2n) is 5.24. The van der Waals surface area contributed by atoms with Crippen molar-refractivity contribution in [3.05, 3.63) is 12.2 Å². The van der Waals surface area contributed by atoms with E-state index in [1.54, 1.807) is 6.33 Å². The maximum Gasteiger partial charge on any atom is 0.317 e. The molecule has 1 aromatic rings. The van der Waals surface area contributed by atoms with Crippen LogP contribution in [0.25, 0.3) is 0 Å². The van der Waals surface area contributed by atoms with Gasteiger partial charge < -0.3 is 19.5 Å². The minimum atomic E-state index is -0.163. The van der Waals surface area contributed by atoms with Gasteiger partial charge in [-0.25, -0.2) is 4.79 Å². The van der Waals surface area contributed by atoms with Gasteiger partial charge >= 0.3 is 6.03 Å². The van der Waals surface area contributed by atoms with Crippen LogP contribution < -0.4 is 5.32 Å². The molecule has 1 aromatic heterocycles. The molecule has 2 amide bonds. The number of nitrogens with one attached hydrogen (secondary N) is 1. The number of aromatic nitrogens is 3. The smallest absolute Gasteiger partial charge is 0.317 e. The molecule has 0 saturated carbocycles. The molecule has 0 spiro atoms. The number of carbonyl (C=O) groups is 1. The summed E-state index contributed by atoms with van der Waals surface area (Å²) in [5, 5.41) is 10.8. The number of rotatable bonds is 5. The lowest BCUT2D eigenvalue weighted by Crippen LogP contribution is -2.43. The quantitative estimate of drug-likeness (QED) is 0.872. The number of urea groups is 1. The van der Waals surface area contributed by atoms with E-state index in [0.717, 1.165) is 32.0 Å². The predicted octanol–water partition coefficient (Wildman–Crippen LogP) is 0.944. The first-order valence-corrected chi connectivity index (χ1v) is 7.08. The Bertz CT molecular complexity index is 442. The molecule has 1 N–H and O–H groups in total. The molecule has 1 saturated heterocycles. The van der Waals surface area contributed by atoms with Crippen molar-refractivity contribution in [3.8, 4) is 0 Å². The summed E-state index contributed by atoms with van der Waals surface area (Å²) < 4.78 is 7.17.